The normalized spacial score (nSPS) is 14.1. The molecule has 0 bridgehead atoms. The maximum absolute atomic E-state index is 11.8. The maximum atomic E-state index is 11.8. The second kappa shape index (κ2) is 6.41. The van der Waals surface area contributed by atoms with Crippen molar-refractivity contribution in [3.8, 4) is 0 Å². The third-order valence-corrected chi connectivity index (χ3v) is 3.66. The van der Waals surface area contributed by atoms with Gasteiger partial charge in [-0.2, -0.15) is 0 Å². The Morgan fingerprint density at radius 2 is 2.06 bits per heavy atom. The zero-order valence-corrected chi connectivity index (χ0v) is 12.0. The number of carbonyl (C=O) groups excluding carboxylic acids is 1. The van der Waals surface area contributed by atoms with E-state index in [0.717, 1.165) is 5.56 Å². The number of amides is 1. The van der Waals surface area contributed by atoms with E-state index in [4.69, 9.17) is 23.2 Å². The van der Waals surface area contributed by atoms with Crippen molar-refractivity contribution >= 4 is 29.1 Å². The lowest BCUT2D eigenvalue weighted by molar-refractivity contribution is -0.122. The van der Waals surface area contributed by atoms with E-state index in [1.165, 1.54) is 0 Å². The van der Waals surface area contributed by atoms with Gasteiger partial charge < -0.3 is 10.4 Å². The van der Waals surface area contributed by atoms with Gasteiger partial charge in [-0.15, -0.1) is 0 Å². The second-order valence-electron chi connectivity index (χ2n) is 4.55. The molecule has 1 unspecified atom stereocenters. The molecule has 0 saturated heterocycles. The molecule has 0 aliphatic rings. The summed E-state index contributed by atoms with van der Waals surface area (Å²) >= 11 is 11.7. The highest BCUT2D eigenvalue weighted by molar-refractivity contribution is 6.42. The van der Waals surface area contributed by atoms with Crippen LogP contribution in [0.4, 0.5) is 0 Å². The molecule has 0 aromatic heterocycles. The van der Waals surface area contributed by atoms with Crippen LogP contribution >= 0.6 is 23.2 Å². The fourth-order valence-corrected chi connectivity index (χ4v) is 1.78. The van der Waals surface area contributed by atoms with Crippen LogP contribution in [0.1, 0.15) is 25.8 Å². The molecule has 5 heteroatoms. The first-order valence-electron chi connectivity index (χ1n) is 5.76. The summed E-state index contributed by atoms with van der Waals surface area (Å²) in [6, 6.07) is 5.10. The molecule has 0 aliphatic heterocycles. The van der Waals surface area contributed by atoms with E-state index in [1.807, 2.05) is 6.92 Å². The minimum Gasteiger partial charge on any atom is -0.394 e. The van der Waals surface area contributed by atoms with Gasteiger partial charge in [0.15, 0.2) is 0 Å². The van der Waals surface area contributed by atoms with Gasteiger partial charge >= 0.3 is 0 Å². The van der Waals surface area contributed by atoms with E-state index in [0.29, 0.717) is 16.5 Å². The molecule has 3 nitrogen and oxygen atoms in total. The first-order valence-corrected chi connectivity index (χ1v) is 6.51. The van der Waals surface area contributed by atoms with Gasteiger partial charge in [-0.1, -0.05) is 36.2 Å². The maximum Gasteiger partial charge on any atom is 0.224 e. The second-order valence-corrected chi connectivity index (χ2v) is 5.36. The van der Waals surface area contributed by atoms with Crippen molar-refractivity contribution in [2.75, 3.05) is 6.61 Å². The zero-order valence-electron chi connectivity index (χ0n) is 10.5. The molecule has 0 aliphatic carbocycles. The average molecular weight is 290 g/mol. The van der Waals surface area contributed by atoms with Crippen LogP contribution in [-0.4, -0.2) is 23.2 Å². The summed E-state index contributed by atoms with van der Waals surface area (Å²) in [6.45, 7) is 3.63. The van der Waals surface area contributed by atoms with Crippen LogP contribution < -0.4 is 5.32 Å². The topological polar surface area (TPSA) is 49.3 Å². The number of carbonyl (C=O) groups is 1. The summed E-state index contributed by atoms with van der Waals surface area (Å²) in [6.07, 6.45) is 0.878. The molecule has 0 saturated carbocycles. The highest BCUT2D eigenvalue weighted by Crippen LogP contribution is 2.22. The fraction of sp³-hybridized carbons (Fsp3) is 0.462. The molecular formula is C13H17Cl2NO2. The largest absolute Gasteiger partial charge is 0.394 e. The molecule has 0 fully saturated rings. The van der Waals surface area contributed by atoms with Crippen LogP contribution in [0.15, 0.2) is 18.2 Å². The van der Waals surface area contributed by atoms with Crippen molar-refractivity contribution in [3.05, 3.63) is 33.8 Å². The molecule has 0 spiro atoms. The number of aliphatic hydroxyl groups is 1. The van der Waals surface area contributed by atoms with E-state index in [1.54, 1.807) is 25.1 Å². The average Bonchev–Trinajstić information content (AvgIpc) is 2.33. The number of nitrogens with one attached hydrogen (secondary N) is 1. The van der Waals surface area contributed by atoms with Gasteiger partial charge in [0.25, 0.3) is 0 Å². The SMILES string of the molecule is CCC(C)(CO)NC(=O)Cc1ccc(Cl)c(Cl)c1. The number of rotatable bonds is 5. The van der Waals surface area contributed by atoms with Gasteiger partial charge in [0.05, 0.1) is 28.6 Å². The number of benzene rings is 1. The molecule has 0 radical (unpaired) electrons. The lowest BCUT2D eigenvalue weighted by Crippen LogP contribution is -2.48. The highest BCUT2D eigenvalue weighted by atomic mass is 35.5. The Balaban J connectivity index is 2.67. The molecule has 1 amide bonds. The van der Waals surface area contributed by atoms with Crippen molar-refractivity contribution in [2.45, 2.75) is 32.2 Å². The smallest absolute Gasteiger partial charge is 0.224 e. The monoisotopic (exact) mass is 289 g/mol. The van der Waals surface area contributed by atoms with Gasteiger partial charge in [-0.3, -0.25) is 4.79 Å². The van der Waals surface area contributed by atoms with E-state index >= 15 is 0 Å². The molecular weight excluding hydrogens is 273 g/mol. The van der Waals surface area contributed by atoms with Crippen LogP contribution in [0.2, 0.25) is 10.0 Å². The Hall–Kier alpha value is -0.770. The Labute approximate surface area is 117 Å². The Bertz CT molecular complexity index is 431. The summed E-state index contributed by atoms with van der Waals surface area (Å²) < 4.78 is 0. The van der Waals surface area contributed by atoms with Crippen molar-refractivity contribution < 1.29 is 9.90 Å². The Morgan fingerprint density at radius 1 is 1.39 bits per heavy atom. The molecule has 2 N–H and O–H groups in total. The minimum atomic E-state index is -0.576. The van der Waals surface area contributed by atoms with Gasteiger partial charge in [0.2, 0.25) is 5.91 Å². The summed E-state index contributed by atoms with van der Waals surface area (Å²) in [7, 11) is 0. The number of hydrogen-bond donors (Lipinski definition) is 2. The van der Waals surface area contributed by atoms with Gasteiger partial charge in [0.1, 0.15) is 0 Å². The lowest BCUT2D eigenvalue weighted by atomic mass is 9.99. The summed E-state index contributed by atoms with van der Waals surface area (Å²) in [4.78, 5) is 11.8. The highest BCUT2D eigenvalue weighted by Gasteiger charge is 2.23. The summed E-state index contributed by atoms with van der Waals surface area (Å²) in [5, 5.41) is 12.9. The van der Waals surface area contributed by atoms with Gasteiger partial charge in [-0.05, 0) is 31.0 Å². The Morgan fingerprint density at radius 3 is 2.56 bits per heavy atom. The number of hydrogen-bond acceptors (Lipinski definition) is 2. The molecule has 1 aromatic carbocycles. The third-order valence-electron chi connectivity index (χ3n) is 2.92. The summed E-state index contributed by atoms with van der Waals surface area (Å²) in [5.41, 5.74) is 0.214. The van der Waals surface area contributed by atoms with Crippen LogP contribution in [0.3, 0.4) is 0 Å². The van der Waals surface area contributed by atoms with E-state index in [9.17, 15) is 9.90 Å². The van der Waals surface area contributed by atoms with Gasteiger partial charge in [-0.25, -0.2) is 0 Å². The van der Waals surface area contributed by atoms with Crippen LogP contribution in [0.25, 0.3) is 0 Å². The predicted molar refractivity (Wildman–Crippen MR) is 74.1 cm³/mol. The van der Waals surface area contributed by atoms with Crippen molar-refractivity contribution in [1.82, 2.24) is 5.32 Å². The Kier molecular flexibility index (Phi) is 5.45. The summed E-state index contributed by atoms with van der Waals surface area (Å²) in [5.74, 6) is -0.146. The molecule has 1 rings (SSSR count). The van der Waals surface area contributed by atoms with E-state index in [-0.39, 0.29) is 18.9 Å². The molecule has 0 heterocycles. The lowest BCUT2D eigenvalue weighted by Gasteiger charge is -2.27. The van der Waals surface area contributed by atoms with Crippen molar-refractivity contribution in [1.29, 1.82) is 0 Å². The molecule has 100 valence electrons. The van der Waals surface area contributed by atoms with Crippen LogP contribution in [0, 0.1) is 0 Å². The third kappa shape index (κ3) is 4.16. The number of halogens is 2. The minimum absolute atomic E-state index is 0.0867. The predicted octanol–water partition coefficient (Wildman–Crippen LogP) is 2.81. The van der Waals surface area contributed by atoms with Crippen LogP contribution in [0.5, 0.6) is 0 Å². The molecule has 18 heavy (non-hydrogen) atoms. The zero-order chi connectivity index (χ0) is 13.8. The van der Waals surface area contributed by atoms with Crippen molar-refractivity contribution in [2.24, 2.45) is 0 Å². The quantitative estimate of drug-likeness (QED) is 0.876. The van der Waals surface area contributed by atoms with E-state index in [2.05, 4.69) is 5.32 Å². The standard InChI is InChI=1S/C13H17Cl2NO2/c1-3-13(2,8-17)16-12(18)7-9-4-5-10(14)11(15)6-9/h4-6,17H,3,7-8H2,1-2H3,(H,16,18). The fourth-order valence-electron chi connectivity index (χ4n) is 1.46. The van der Waals surface area contributed by atoms with Crippen molar-refractivity contribution in [3.63, 3.8) is 0 Å². The first-order chi connectivity index (χ1) is 8.40. The molecule has 1 atom stereocenters. The first kappa shape index (κ1) is 15.3. The van der Waals surface area contributed by atoms with Gasteiger partial charge in [0, 0.05) is 0 Å². The number of aliphatic hydroxyl groups excluding tert-OH is 1. The van der Waals surface area contributed by atoms with Crippen LogP contribution in [-0.2, 0) is 11.2 Å². The van der Waals surface area contributed by atoms with E-state index < -0.39 is 5.54 Å². The molecule has 1 aromatic rings.